The van der Waals surface area contributed by atoms with Crippen molar-refractivity contribution >= 4 is 5.96 Å². The van der Waals surface area contributed by atoms with Gasteiger partial charge in [-0.15, -0.1) is 0 Å². The molecule has 0 aromatic heterocycles. The van der Waals surface area contributed by atoms with Crippen molar-refractivity contribution in [2.24, 2.45) is 10.8 Å². The van der Waals surface area contributed by atoms with Gasteiger partial charge in [0.05, 0.1) is 6.10 Å². The first kappa shape index (κ1) is 11.3. The molecule has 0 saturated carbocycles. The van der Waals surface area contributed by atoms with Crippen LogP contribution in [0.3, 0.4) is 0 Å². The smallest absolute Gasteiger partial charge is 0.205 e. The molecule has 0 radical (unpaired) electrons. The molecule has 1 aliphatic heterocycles. The lowest BCUT2D eigenvalue weighted by Crippen LogP contribution is -2.49. The van der Waals surface area contributed by atoms with E-state index in [9.17, 15) is 0 Å². The van der Waals surface area contributed by atoms with Gasteiger partial charge in [-0.05, 0) is 26.7 Å². The Bertz CT molecular complexity index is 195. The SMILES string of the molecule is CCN=C(NN)NC1CCOC(C)C1. The van der Waals surface area contributed by atoms with Gasteiger partial charge in [-0.1, -0.05) is 0 Å². The summed E-state index contributed by atoms with van der Waals surface area (Å²) in [6, 6.07) is 0.417. The van der Waals surface area contributed by atoms with Crippen molar-refractivity contribution in [1.82, 2.24) is 10.7 Å². The molecule has 5 heteroatoms. The highest BCUT2D eigenvalue weighted by atomic mass is 16.5. The number of hydrogen-bond acceptors (Lipinski definition) is 3. The largest absolute Gasteiger partial charge is 0.378 e. The second kappa shape index (κ2) is 5.82. The molecule has 1 fully saturated rings. The highest BCUT2D eigenvalue weighted by Gasteiger charge is 2.19. The Balaban J connectivity index is 2.37. The summed E-state index contributed by atoms with van der Waals surface area (Å²) in [5.41, 5.74) is 2.56. The third-order valence-corrected chi connectivity index (χ3v) is 2.28. The van der Waals surface area contributed by atoms with Crippen molar-refractivity contribution in [3.05, 3.63) is 0 Å². The third kappa shape index (κ3) is 3.51. The standard InChI is InChI=1S/C9H20N4O/c1-3-11-9(13-10)12-8-4-5-14-7(2)6-8/h7-8H,3-6,10H2,1-2H3,(H2,11,12,13). The van der Waals surface area contributed by atoms with Gasteiger partial charge in [-0.3, -0.25) is 10.4 Å². The zero-order valence-corrected chi connectivity index (χ0v) is 8.92. The van der Waals surface area contributed by atoms with Crippen molar-refractivity contribution in [3.63, 3.8) is 0 Å². The molecule has 1 saturated heterocycles. The van der Waals surface area contributed by atoms with E-state index in [0.717, 1.165) is 26.0 Å². The maximum absolute atomic E-state index is 5.45. The van der Waals surface area contributed by atoms with Crippen LogP contribution in [0.15, 0.2) is 4.99 Å². The van der Waals surface area contributed by atoms with Gasteiger partial charge in [-0.25, -0.2) is 5.84 Å². The number of aliphatic imine (C=N–C) groups is 1. The van der Waals surface area contributed by atoms with Crippen LogP contribution in [0, 0.1) is 0 Å². The first-order valence-electron chi connectivity index (χ1n) is 5.15. The molecule has 0 aromatic carbocycles. The van der Waals surface area contributed by atoms with E-state index in [0.29, 0.717) is 18.1 Å². The molecule has 14 heavy (non-hydrogen) atoms. The van der Waals surface area contributed by atoms with Crippen molar-refractivity contribution in [2.45, 2.75) is 38.8 Å². The number of guanidine groups is 1. The second-order valence-corrected chi connectivity index (χ2v) is 3.51. The molecule has 0 aromatic rings. The lowest BCUT2D eigenvalue weighted by Gasteiger charge is -2.28. The van der Waals surface area contributed by atoms with Crippen LogP contribution in [0.4, 0.5) is 0 Å². The number of hydrogen-bond donors (Lipinski definition) is 3. The average Bonchev–Trinajstić information content (AvgIpc) is 2.17. The Labute approximate surface area is 85.1 Å². The minimum atomic E-state index is 0.321. The summed E-state index contributed by atoms with van der Waals surface area (Å²) in [6.07, 6.45) is 2.33. The number of nitrogens with two attached hydrogens (primary N) is 1. The first-order valence-corrected chi connectivity index (χ1v) is 5.15. The van der Waals surface area contributed by atoms with E-state index < -0.39 is 0 Å². The van der Waals surface area contributed by atoms with Crippen molar-refractivity contribution in [3.8, 4) is 0 Å². The molecule has 1 rings (SSSR count). The molecule has 5 nitrogen and oxygen atoms in total. The molecule has 2 atom stereocenters. The molecule has 1 heterocycles. The number of rotatable bonds is 2. The molecule has 0 aliphatic carbocycles. The molecule has 0 amide bonds. The minimum absolute atomic E-state index is 0.321. The zero-order chi connectivity index (χ0) is 10.4. The number of nitrogens with zero attached hydrogens (tertiary/aromatic N) is 1. The van der Waals surface area contributed by atoms with Crippen LogP contribution in [-0.4, -0.2) is 31.3 Å². The summed E-state index contributed by atoms with van der Waals surface area (Å²) >= 11 is 0. The molecule has 0 spiro atoms. The summed E-state index contributed by atoms with van der Waals surface area (Å²) in [6.45, 7) is 5.60. The quantitative estimate of drug-likeness (QED) is 0.253. The van der Waals surface area contributed by atoms with Crippen molar-refractivity contribution in [1.29, 1.82) is 0 Å². The molecule has 82 valence electrons. The monoisotopic (exact) mass is 200 g/mol. The fourth-order valence-electron chi connectivity index (χ4n) is 1.61. The van der Waals surface area contributed by atoms with Gasteiger partial charge in [0, 0.05) is 19.2 Å². The Morgan fingerprint density at radius 3 is 3.00 bits per heavy atom. The summed E-state index contributed by atoms with van der Waals surface area (Å²) in [5.74, 6) is 6.01. The van der Waals surface area contributed by atoms with E-state index in [1.54, 1.807) is 0 Å². The van der Waals surface area contributed by atoms with Crippen LogP contribution in [0.1, 0.15) is 26.7 Å². The molecule has 4 N–H and O–H groups in total. The van der Waals surface area contributed by atoms with Crippen LogP contribution in [-0.2, 0) is 4.74 Å². The summed E-state index contributed by atoms with van der Waals surface area (Å²) in [5, 5.41) is 3.27. The van der Waals surface area contributed by atoms with Crippen LogP contribution in [0.25, 0.3) is 0 Å². The summed E-state index contributed by atoms with van der Waals surface area (Å²) < 4.78 is 5.45. The van der Waals surface area contributed by atoms with Crippen LogP contribution in [0.2, 0.25) is 0 Å². The van der Waals surface area contributed by atoms with Gasteiger partial charge in [0.25, 0.3) is 0 Å². The molecule has 1 aliphatic rings. The molecule has 2 unspecified atom stereocenters. The first-order chi connectivity index (χ1) is 6.76. The highest BCUT2D eigenvalue weighted by Crippen LogP contribution is 2.12. The van der Waals surface area contributed by atoms with Gasteiger partial charge in [0.1, 0.15) is 0 Å². The molecule has 0 bridgehead atoms. The zero-order valence-electron chi connectivity index (χ0n) is 8.92. The number of nitrogens with one attached hydrogen (secondary N) is 2. The van der Waals surface area contributed by atoms with Gasteiger partial charge < -0.3 is 10.1 Å². The fraction of sp³-hybridized carbons (Fsp3) is 0.889. The van der Waals surface area contributed by atoms with E-state index in [-0.39, 0.29) is 0 Å². The highest BCUT2D eigenvalue weighted by molar-refractivity contribution is 5.79. The van der Waals surface area contributed by atoms with E-state index in [4.69, 9.17) is 10.6 Å². The van der Waals surface area contributed by atoms with Gasteiger partial charge in [0.15, 0.2) is 0 Å². The lowest BCUT2D eigenvalue weighted by molar-refractivity contribution is 0.0165. The van der Waals surface area contributed by atoms with Crippen LogP contribution in [0.5, 0.6) is 0 Å². The predicted octanol–water partition coefficient (Wildman–Crippen LogP) is -0.0173. The van der Waals surface area contributed by atoms with E-state index >= 15 is 0 Å². The van der Waals surface area contributed by atoms with Crippen LogP contribution < -0.4 is 16.6 Å². The van der Waals surface area contributed by atoms with Gasteiger partial charge in [-0.2, -0.15) is 0 Å². The average molecular weight is 200 g/mol. The normalized spacial score (nSPS) is 28.6. The Morgan fingerprint density at radius 2 is 2.43 bits per heavy atom. The second-order valence-electron chi connectivity index (χ2n) is 3.51. The van der Waals surface area contributed by atoms with Crippen LogP contribution >= 0.6 is 0 Å². The predicted molar refractivity (Wildman–Crippen MR) is 56.9 cm³/mol. The third-order valence-electron chi connectivity index (χ3n) is 2.28. The number of ether oxygens (including phenoxy) is 1. The maximum Gasteiger partial charge on any atom is 0.205 e. The molecular weight excluding hydrogens is 180 g/mol. The maximum atomic E-state index is 5.45. The lowest BCUT2D eigenvalue weighted by atomic mass is 10.0. The Morgan fingerprint density at radius 1 is 1.64 bits per heavy atom. The van der Waals surface area contributed by atoms with Crippen molar-refractivity contribution in [2.75, 3.05) is 13.2 Å². The Hall–Kier alpha value is -0.810. The topological polar surface area (TPSA) is 71.7 Å². The fourth-order valence-corrected chi connectivity index (χ4v) is 1.61. The van der Waals surface area contributed by atoms with E-state index in [1.165, 1.54) is 0 Å². The van der Waals surface area contributed by atoms with E-state index in [2.05, 4.69) is 22.7 Å². The summed E-state index contributed by atoms with van der Waals surface area (Å²) in [7, 11) is 0. The van der Waals surface area contributed by atoms with Gasteiger partial charge >= 0.3 is 0 Å². The van der Waals surface area contributed by atoms with Crippen molar-refractivity contribution < 1.29 is 4.74 Å². The Kier molecular flexibility index (Phi) is 4.69. The minimum Gasteiger partial charge on any atom is -0.378 e. The number of hydrazine groups is 1. The molecular formula is C9H20N4O. The van der Waals surface area contributed by atoms with Gasteiger partial charge in [0.2, 0.25) is 5.96 Å². The summed E-state index contributed by atoms with van der Waals surface area (Å²) in [4.78, 5) is 4.19. The van der Waals surface area contributed by atoms with E-state index in [1.807, 2.05) is 6.92 Å².